The minimum absolute atomic E-state index is 0.0405. The smallest absolute Gasteiger partial charge is 0.250 e. The van der Waals surface area contributed by atoms with Crippen molar-refractivity contribution in [3.63, 3.8) is 0 Å². The van der Waals surface area contributed by atoms with E-state index in [1.54, 1.807) is 6.20 Å². The third-order valence-corrected chi connectivity index (χ3v) is 4.44. The number of rotatable bonds is 4. The van der Waals surface area contributed by atoms with Gasteiger partial charge in [-0.05, 0) is 24.5 Å². The van der Waals surface area contributed by atoms with E-state index in [1.165, 1.54) is 37.3 Å². The van der Waals surface area contributed by atoms with Crippen LogP contribution in [0, 0.1) is 5.82 Å². The van der Waals surface area contributed by atoms with Crippen molar-refractivity contribution in [1.82, 2.24) is 19.9 Å². The lowest BCUT2D eigenvalue weighted by Crippen LogP contribution is -2.31. The second-order valence-electron chi connectivity index (χ2n) is 6.27. The van der Waals surface area contributed by atoms with Crippen molar-refractivity contribution >= 4 is 0 Å². The highest BCUT2D eigenvalue weighted by molar-refractivity contribution is 5.24. The Hall–Kier alpha value is -2.08. The van der Waals surface area contributed by atoms with Crippen LogP contribution in [0.5, 0.6) is 5.88 Å². The number of ether oxygens (including phenoxy) is 1. The lowest BCUT2D eigenvalue weighted by Gasteiger charge is -2.28. The second kappa shape index (κ2) is 5.85. The Morgan fingerprint density at radius 3 is 2.91 bits per heavy atom. The third-order valence-electron chi connectivity index (χ3n) is 4.44. The average Bonchev–Trinajstić information content (AvgIpc) is 3.39. The monoisotopic (exact) mass is 314 g/mol. The van der Waals surface area contributed by atoms with E-state index in [1.807, 2.05) is 6.20 Å². The van der Waals surface area contributed by atoms with Crippen molar-refractivity contribution in [3.8, 4) is 5.88 Å². The summed E-state index contributed by atoms with van der Waals surface area (Å²) < 4.78 is 18.6. The van der Waals surface area contributed by atoms with Crippen LogP contribution in [0.25, 0.3) is 0 Å². The number of halogens is 1. The fraction of sp³-hybridized carbons (Fsp3) is 0.471. The van der Waals surface area contributed by atoms with Gasteiger partial charge in [-0.1, -0.05) is 0 Å². The highest BCUT2D eigenvalue weighted by Crippen LogP contribution is 2.38. The zero-order chi connectivity index (χ0) is 15.8. The molecule has 5 nitrogen and oxygen atoms in total. The number of aromatic nitrogens is 3. The summed E-state index contributed by atoms with van der Waals surface area (Å²) in [7, 11) is 1.42. The molecule has 0 unspecified atom stereocenters. The quantitative estimate of drug-likeness (QED) is 0.867. The molecular weight excluding hydrogens is 295 g/mol. The minimum atomic E-state index is -0.417. The van der Waals surface area contributed by atoms with Gasteiger partial charge in [0.1, 0.15) is 5.82 Å². The van der Waals surface area contributed by atoms with Crippen LogP contribution in [-0.4, -0.2) is 33.5 Å². The van der Waals surface area contributed by atoms with E-state index in [0.29, 0.717) is 12.5 Å². The van der Waals surface area contributed by atoms with E-state index in [4.69, 9.17) is 9.72 Å². The molecule has 4 rings (SSSR count). The Morgan fingerprint density at radius 1 is 1.30 bits per heavy atom. The second-order valence-corrected chi connectivity index (χ2v) is 6.27. The Bertz CT molecular complexity index is 733. The Morgan fingerprint density at radius 2 is 2.17 bits per heavy atom. The van der Waals surface area contributed by atoms with Crippen molar-refractivity contribution in [2.45, 2.75) is 38.3 Å². The number of pyridine rings is 1. The van der Waals surface area contributed by atoms with E-state index in [-0.39, 0.29) is 5.88 Å². The maximum atomic E-state index is 13.7. The van der Waals surface area contributed by atoms with Gasteiger partial charge in [-0.2, -0.15) is 0 Å². The van der Waals surface area contributed by atoms with Gasteiger partial charge in [0.2, 0.25) is 5.88 Å². The first kappa shape index (κ1) is 14.5. The molecule has 2 aromatic rings. The predicted octanol–water partition coefficient (Wildman–Crippen LogP) is 2.46. The van der Waals surface area contributed by atoms with E-state index in [2.05, 4.69) is 14.9 Å². The zero-order valence-corrected chi connectivity index (χ0v) is 13.1. The molecule has 120 valence electrons. The van der Waals surface area contributed by atoms with Crippen molar-refractivity contribution in [2.24, 2.45) is 0 Å². The summed E-state index contributed by atoms with van der Waals surface area (Å²) in [5.74, 6) is 1.23. The van der Waals surface area contributed by atoms with Crippen LogP contribution >= 0.6 is 0 Å². The van der Waals surface area contributed by atoms with Gasteiger partial charge >= 0.3 is 0 Å². The predicted molar refractivity (Wildman–Crippen MR) is 82.6 cm³/mol. The molecule has 0 amide bonds. The molecule has 6 heteroatoms. The van der Waals surface area contributed by atoms with Crippen LogP contribution in [0.3, 0.4) is 0 Å². The molecule has 23 heavy (non-hydrogen) atoms. The van der Waals surface area contributed by atoms with Crippen LogP contribution in [0.4, 0.5) is 4.39 Å². The van der Waals surface area contributed by atoms with Crippen molar-refractivity contribution < 1.29 is 9.13 Å². The summed E-state index contributed by atoms with van der Waals surface area (Å²) >= 11 is 0. The van der Waals surface area contributed by atoms with Gasteiger partial charge in [0.05, 0.1) is 7.11 Å². The molecule has 0 spiro atoms. The zero-order valence-electron chi connectivity index (χ0n) is 13.1. The van der Waals surface area contributed by atoms with E-state index in [9.17, 15) is 4.39 Å². The van der Waals surface area contributed by atoms with Gasteiger partial charge in [-0.3, -0.25) is 4.90 Å². The lowest BCUT2D eigenvalue weighted by atomic mass is 10.1. The van der Waals surface area contributed by atoms with E-state index in [0.717, 1.165) is 30.9 Å². The first-order valence-electron chi connectivity index (χ1n) is 7.98. The number of hydrogen-bond acceptors (Lipinski definition) is 5. The number of methoxy groups -OCH3 is 1. The summed E-state index contributed by atoms with van der Waals surface area (Å²) in [4.78, 5) is 15.5. The Kier molecular flexibility index (Phi) is 3.69. The Balaban J connectivity index is 1.46. The molecule has 0 bridgehead atoms. The molecule has 0 atom stereocenters. The van der Waals surface area contributed by atoms with Crippen LogP contribution in [0.15, 0.2) is 18.5 Å². The Labute approximate surface area is 134 Å². The van der Waals surface area contributed by atoms with Crippen molar-refractivity contribution in [3.05, 3.63) is 46.9 Å². The fourth-order valence-electron chi connectivity index (χ4n) is 3.02. The molecule has 1 aliphatic heterocycles. The molecule has 0 aromatic carbocycles. The average molecular weight is 314 g/mol. The maximum absolute atomic E-state index is 13.7. The molecule has 0 N–H and O–H groups in total. The molecule has 3 heterocycles. The molecule has 2 aliphatic rings. The number of fused-ring (bicyclic) bond motifs is 1. The molecular formula is C17H19FN4O. The van der Waals surface area contributed by atoms with Crippen LogP contribution in [0.2, 0.25) is 0 Å². The summed E-state index contributed by atoms with van der Waals surface area (Å²) in [5.41, 5.74) is 3.21. The highest BCUT2D eigenvalue weighted by Gasteiger charge is 2.28. The standard InChI is InChI=1S/C17H19FN4O/c1-23-17-14(18)6-11(7-20-17)9-22-5-4-15-13(10-22)8-19-16(21-15)12-2-3-12/h6-8,12H,2-5,9-10H2,1H3. The number of hydrogen-bond donors (Lipinski definition) is 0. The lowest BCUT2D eigenvalue weighted by molar-refractivity contribution is 0.241. The first-order chi connectivity index (χ1) is 11.2. The van der Waals surface area contributed by atoms with Gasteiger partial charge in [0.25, 0.3) is 0 Å². The fourth-order valence-corrected chi connectivity index (χ4v) is 3.02. The summed E-state index contributed by atoms with van der Waals surface area (Å²) in [6.45, 7) is 2.38. The maximum Gasteiger partial charge on any atom is 0.250 e. The summed E-state index contributed by atoms with van der Waals surface area (Å²) in [6.07, 6.45) is 7.00. The van der Waals surface area contributed by atoms with Crippen molar-refractivity contribution in [1.29, 1.82) is 0 Å². The van der Waals surface area contributed by atoms with Crippen LogP contribution in [0.1, 0.15) is 41.4 Å². The molecule has 1 aliphatic carbocycles. The largest absolute Gasteiger partial charge is 0.479 e. The first-order valence-corrected chi connectivity index (χ1v) is 7.98. The van der Waals surface area contributed by atoms with E-state index < -0.39 is 5.82 Å². The van der Waals surface area contributed by atoms with Gasteiger partial charge in [-0.25, -0.2) is 19.3 Å². The summed E-state index contributed by atoms with van der Waals surface area (Å²) in [6, 6.07) is 1.49. The van der Waals surface area contributed by atoms with Crippen LogP contribution in [-0.2, 0) is 19.5 Å². The molecule has 0 saturated heterocycles. The van der Waals surface area contributed by atoms with Gasteiger partial charge in [-0.15, -0.1) is 0 Å². The summed E-state index contributed by atoms with van der Waals surface area (Å²) in [5, 5.41) is 0. The minimum Gasteiger partial charge on any atom is -0.479 e. The van der Waals surface area contributed by atoms with Crippen molar-refractivity contribution in [2.75, 3.05) is 13.7 Å². The third kappa shape index (κ3) is 3.03. The van der Waals surface area contributed by atoms with Gasteiger partial charge < -0.3 is 4.74 Å². The van der Waals surface area contributed by atoms with Gasteiger partial charge in [0.15, 0.2) is 5.82 Å². The molecule has 0 radical (unpaired) electrons. The number of nitrogens with zero attached hydrogens (tertiary/aromatic N) is 4. The topological polar surface area (TPSA) is 51.1 Å². The SMILES string of the molecule is COc1ncc(CN2CCc3nc(C4CC4)ncc3C2)cc1F. The normalized spacial score (nSPS) is 17.8. The molecule has 2 aromatic heterocycles. The van der Waals surface area contributed by atoms with Gasteiger partial charge in [0, 0.05) is 55.6 Å². The molecule has 1 fully saturated rings. The molecule has 1 saturated carbocycles. The van der Waals surface area contributed by atoms with E-state index >= 15 is 0 Å². The highest BCUT2D eigenvalue weighted by atomic mass is 19.1. The van der Waals surface area contributed by atoms with Crippen LogP contribution < -0.4 is 4.74 Å².